The molecule has 0 aliphatic rings. The Labute approximate surface area is 322 Å². The summed E-state index contributed by atoms with van der Waals surface area (Å²) in [6.07, 6.45) is 5.91. The van der Waals surface area contributed by atoms with Crippen LogP contribution in [0.25, 0.3) is 0 Å². The number of aryl methyl sites for hydroxylation is 1. The Bertz CT molecular complexity index is 1410. The van der Waals surface area contributed by atoms with Crippen molar-refractivity contribution in [3.63, 3.8) is 0 Å². The number of unbranched alkanes of at least 4 members (excludes halogenated alkanes) is 5. The highest BCUT2D eigenvalue weighted by molar-refractivity contribution is 5.86. The number of carboxylic acid groups (broad SMARTS) is 4. The summed E-state index contributed by atoms with van der Waals surface area (Å²) in [6.45, 7) is 0.0220. The fourth-order valence-electron chi connectivity index (χ4n) is 5.14. The van der Waals surface area contributed by atoms with Crippen LogP contribution in [0.15, 0.2) is 6.20 Å². The summed E-state index contributed by atoms with van der Waals surface area (Å²) < 4.78 is 18.5. The Morgan fingerprint density at radius 1 is 0.643 bits per heavy atom. The van der Waals surface area contributed by atoms with Gasteiger partial charge in [0.05, 0.1) is 18.5 Å². The molecule has 1 unspecified atom stereocenters. The van der Waals surface area contributed by atoms with Crippen molar-refractivity contribution >= 4 is 47.6 Å². The number of carbonyl (C=O) groups excluding carboxylic acids is 4. The van der Waals surface area contributed by atoms with Gasteiger partial charge in [-0.1, -0.05) is 18.1 Å². The van der Waals surface area contributed by atoms with E-state index in [1.807, 2.05) is 0 Å². The summed E-state index contributed by atoms with van der Waals surface area (Å²) in [5.74, 6) is -6.01. The van der Waals surface area contributed by atoms with Crippen molar-refractivity contribution in [2.45, 2.75) is 128 Å². The molecule has 0 aliphatic heterocycles. The Morgan fingerprint density at radius 3 is 1.70 bits per heavy atom. The van der Waals surface area contributed by atoms with Gasteiger partial charge in [0, 0.05) is 45.2 Å². The molecule has 3 atom stereocenters. The number of hydrogen-bond acceptors (Lipinski definition) is 11. The van der Waals surface area contributed by atoms with Crippen LogP contribution in [0.3, 0.4) is 0 Å². The normalized spacial score (nSPS) is 12.4. The molecule has 0 radical (unpaired) electrons. The summed E-state index contributed by atoms with van der Waals surface area (Å²) in [6, 6.07) is -4.95. The number of nitrogens with one attached hydrogen (secondary N) is 5. The SMILES string of the molecule is O=C(O)CC[C@H](NC(=O)N[C@@H](CCCCNC(=O)CCCCCCC(=O)NC(CCCCNC(=O)CCc1cn(COCCF)nn1)C(=O)O)C(=O)O)C(=O)O. The second-order valence-corrected chi connectivity index (χ2v) is 12.9. The smallest absolute Gasteiger partial charge is 0.326 e. The molecule has 1 heterocycles. The lowest BCUT2D eigenvalue weighted by molar-refractivity contribution is -0.142. The van der Waals surface area contributed by atoms with Crippen LogP contribution >= 0.6 is 0 Å². The van der Waals surface area contributed by atoms with E-state index < -0.39 is 67.0 Å². The molecule has 0 saturated heterocycles. The number of rotatable bonds is 33. The van der Waals surface area contributed by atoms with E-state index in [0.717, 1.165) is 0 Å². The summed E-state index contributed by atoms with van der Waals surface area (Å²) >= 11 is 0. The van der Waals surface area contributed by atoms with Crippen molar-refractivity contribution in [2.24, 2.45) is 0 Å². The number of aliphatic carboxylic acids is 4. The number of urea groups is 1. The van der Waals surface area contributed by atoms with Gasteiger partial charge in [-0.15, -0.1) is 5.10 Å². The van der Waals surface area contributed by atoms with Crippen LogP contribution in [0, 0.1) is 0 Å². The van der Waals surface area contributed by atoms with Crippen LogP contribution in [-0.4, -0.2) is 128 Å². The Kier molecular flexibility index (Phi) is 25.1. The molecule has 1 aromatic rings. The first-order valence-electron chi connectivity index (χ1n) is 18.5. The van der Waals surface area contributed by atoms with Crippen molar-refractivity contribution in [2.75, 3.05) is 26.4 Å². The largest absolute Gasteiger partial charge is 0.481 e. The summed E-state index contributed by atoms with van der Waals surface area (Å²) in [4.78, 5) is 93.7. The minimum absolute atomic E-state index is 0.00400. The predicted molar refractivity (Wildman–Crippen MR) is 193 cm³/mol. The Morgan fingerprint density at radius 2 is 1.16 bits per heavy atom. The number of nitrogens with zero attached hydrogens (tertiary/aromatic N) is 3. The second kappa shape index (κ2) is 29.0. The number of aromatic nitrogens is 3. The van der Waals surface area contributed by atoms with Gasteiger partial charge < -0.3 is 51.7 Å². The van der Waals surface area contributed by atoms with Gasteiger partial charge in [-0.05, 0) is 57.8 Å². The summed E-state index contributed by atoms with van der Waals surface area (Å²) in [5.41, 5.74) is 0.585. The first-order chi connectivity index (χ1) is 26.7. The molecule has 9 N–H and O–H groups in total. The third-order valence-corrected chi connectivity index (χ3v) is 8.17. The van der Waals surface area contributed by atoms with Gasteiger partial charge in [0.25, 0.3) is 0 Å². The van der Waals surface area contributed by atoms with E-state index in [2.05, 4.69) is 36.9 Å². The summed E-state index contributed by atoms with van der Waals surface area (Å²) in [5, 5.41) is 56.7. The molecule has 316 valence electrons. The number of carbonyl (C=O) groups is 8. The van der Waals surface area contributed by atoms with E-state index in [1.54, 1.807) is 6.20 Å². The van der Waals surface area contributed by atoms with Crippen molar-refractivity contribution in [3.8, 4) is 0 Å². The van der Waals surface area contributed by atoms with Crippen molar-refractivity contribution < 1.29 is 67.9 Å². The maximum Gasteiger partial charge on any atom is 0.326 e. The molecular formula is C34H55FN8O13. The number of alkyl halides is 1. The van der Waals surface area contributed by atoms with Gasteiger partial charge >= 0.3 is 29.9 Å². The molecule has 0 saturated carbocycles. The molecule has 0 spiro atoms. The lowest BCUT2D eigenvalue weighted by Gasteiger charge is -2.18. The average Bonchev–Trinajstić information content (AvgIpc) is 3.59. The lowest BCUT2D eigenvalue weighted by Crippen LogP contribution is -2.51. The maximum absolute atomic E-state index is 12.3. The molecule has 0 aliphatic carbocycles. The van der Waals surface area contributed by atoms with Gasteiger partial charge in [-0.3, -0.25) is 19.2 Å². The van der Waals surface area contributed by atoms with E-state index in [9.17, 15) is 53.0 Å². The first-order valence-corrected chi connectivity index (χ1v) is 18.5. The van der Waals surface area contributed by atoms with Gasteiger partial charge in [0.1, 0.15) is 31.5 Å². The molecule has 56 heavy (non-hydrogen) atoms. The zero-order valence-corrected chi connectivity index (χ0v) is 31.3. The molecular weight excluding hydrogens is 747 g/mol. The Hall–Kier alpha value is -5.41. The highest BCUT2D eigenvalue weighted by atomic mass is 19.1. The third kappa shape index (κ3) is 24.1. The highest BCUT2D eigenvalue weighted by Gasteiger charge is 2.25. The predicted octanol–water partition coefficient (Wildman–Crippen LogP) is 0.708. The molecule has 0 aromatic carbocycles. The van der Waals surface area contributed by atoms with Crippen LogP contribution in [0.2, 0.25) is 0 Å². The highest BCUT2D eigenvalue weighted by Crippen LogP contribution is 2.08. The van der Waals surface area contributed by atoms with E-state index in [0.29, 0.717) is 70.0 Å². The molecule has 0 bridgehead atoms. The van der Waals surface area contributed by atoms with Crippen LogP contribution in [0.1, 0.15) is 102 Å². The average molecular weight is 803 g/mol. The van der Waals surface area contributed by atoms with Crippen LogP contribution in [-0.2, 0) is 51.5 Å². The zero-order valence-electron chi connectivity index (χ0n) is 31.3. The number of halogens is 1. The summed E-state index contributed by atoms with van der Waals surface area (Å²) in [7, 11) is 0. The molecule has 22 heteroatoms. The van der Waals surface area contributed by atoms with Crippen LogP contribution < -0.4 is 26.6 Å². The lowest BCUT2D eigenvalue weighted by atomic mass is 10.1. The van der Waals surface area contributed by atoms with Gasteiger partial charge in [0.15, 0.2) is 0 Å². The fraction of sp³-hybridized carbons (Fsp3) is 0.706. The van der Waals surface area contributed by atoms with Crippen molar-refractivity contribution in [3.05, 3.63) is 11.9 Å². The standard InChI is InChI=1S/C34H55FN8O13/c35-17-20-56-22-43-21-23(41-42-43)13-15-28(45)37-19-7-5-9-24(31(49)50)38-29(46)12-4-2-1-3-11-27(44)36-18-8-6-10-25(32(51)52)39-34(55)40-26(33(53)54)14-16-30(47)48/h21,24-26H,1-20,22H2,(H,36,44)(H,37,45)(H,38,46)(H,47,48)(H,49,50)(H,51,52)(H,53,54)(H2,39,40,55)/t24?,25-,26-/m0/s1. The third-order valence-electron chi connectivity index (χ3n) is 8.17. The monoisotopic (exact) mass is 802 g/mol. The number of ether oxygens (including phenoxy) is 1. The molecule has 21 nitrogen and oxygen atoms in total. The molecule has 1 aromatic heterocycles. The fourth-order valence-corrected chi connectivity index (χ4v) is 5.14. The Balaban J connectivity index is 2.15. The van der Waals surface area contributed by atoms with Crippen LogP contribution in [0.4, 0.5) is 9.18 Å². The number of hydrogen-bond donors (Lipinski definition) is 9. The van der Waals surface area contributed by atoms with Gasteiger partial charge in [-0.25, -0.2) is 28.3 Å². The number of carboxylic acids is 4. The topological polar surface area (TPSA) is 318 Å². The van der Waals surface area contributed by atoms with Crippen molar-refractivity contribution in [1.82, 2.24) is 41.6 Å². The minimum atomic E-state index is -1.51. The van der Waals surface area contributed by atoms with Gasteiger partial charge in [0.2, 0.25) is 17.7 Å². The number of amides is 5. The molecule has 0 fully saturated rings. The van der Waals surface area contributed by atoms with E-state index in [4.69, 9.17) is 14.9 Å². The molecule has 1 rings (SSSR count). The van der Waals surface area contributed by atoms with Crippen LogP contribution in [0.5, 0.6) is 0 Å². The van der Waals surface area contributed by atoms with Crippen molar-refractivity contribution in [1.29, 1.82) is 0 Å². The van der Waals surface area contributed by atoms with Gasteiger partial charge in [-0.2, -0.15) is 0 Å². The van der Waals surface area contributed by atoms with E-state index >= 15 is 0 Å². The molecule has 5 amide bonds. The van der Waals surface area contributed by atoms with E-state index in [1.165, 1.54) is 4.68 Å². The van der Waals surface area contributed by atoms with E-state index in [-0.39, 0.29) is 70.2 Å². The second-order valence-electron chi connectivity index (χ2n) is 12.9. The zero-order chi connectivity index (χ0) is 41.7. The first kappa shape index (κ1) is 48.6. The minimum Gasteiger partial charge on any atom is -0.481 e. The maximum atomic E-state index is 12.3. The quantitative estimate of drug-likeness (QED) is 0.0442.